The van der Waals surface area contributed by atoms with Gasteiger partial charge in [-0.15, -0.1) is 0 Å². The number of hydrogen-bond donors (Lipinski definition) is 0. The molecule has 145 valence electrons. The van der Waals surface area contributed by atoms with Crippen LogP contribution in [0.5, 0.6) is 11.5 Å². The van der Waals surface area contributed by atoms with E-state index < -0.39 is 18.6 Å². The minimum atomic E-state index is -4.54. The topological polar surface area (TPSA) is 32.6 Å². The van der Waals surface area contributed by atoms with Gasteiger partial charge in [-0.25, -0.2) is 8.78 Å². The van der Waals surface area contributed by atoms with Crippen molar-refractivity contribution >= 4 is 5.69 Å². The Morgan fingerprint density at radius 2 is 1.79 bits per heavy atom. The van der Waals surface area contributed by atoms with E-state index in [9.17, 15) is 17.6 Å². The molecule has 0 spiro atoms. The van der Waals surface area contributed by atoms with Gasteiger partial charge in [-0.2, -0.15) is 8.78 Å². The zero-order chi connectivity index (χ0) is 20.0. The fourth-order valence-electron chi connectivity index (χ4n) is 2.39. The van der Waals surface area contributed by atoms with E-state index in [1.807, 2.05) is 30.3 Å². The molecule has 0 aromatic heterocycles. The van der Waals surface area contributed by atoms with Crippen LogP contribution in [0.4, 0.5) is 23.2 Å². The van der Waals surface area contributed by atoms with Crippen molar-refractivity contribution in [2.75, 3.05) is 6.54 Å². The molecule has 2 aromatic rings. The predicted octanol–water partition coefficient (Wildman–Crippen LogP) is 5.54. The van der Waals surface area contributed by atoms with Crippen molar-refractivity contribution in [2.24, 2.45) is 0 Å². The smallest absolute Gasteiger partial charge is 0.417 e. The predicted molar refractivity (Wildman–Crippen MR) is 95.9 cm³/mol. The summed E-state index contributed by atoms with van der Waals surface area (Å²) in [6.45, 7) is 0.124. The van der Waals surface area contributed by atoms with Crippen molar-refractivity contribution < 1.29 is 27.0 Å². The summed E-state index contributed by atoms with van der Waals surface area (Å²) in [5, 5.41) is 4.36. The Morgan fingerprint density at radius 3 is 2.54 bits per heavy atom. The summed E-state index contributed by atoms with van der Waals surface area (Å²) >= 11 is 0. The van der Waals surface area contributed by atoms with Crippen molar-refractivity contribution in [3.63, 3.8) is 0 Å². The van der Waals surface area contributed by atoms with Crippen LogP contribution >= 0.6 is 0 Å². The number of halogens is 4. The van der Waals surface area contributed by atoms with Gasteiger partial charge in [-0.05, 0) is 29.8 Å². The van der Waals surface area contributed by atoms with Crippen LogP contribution in [-0.2, 0) is 4.74 Å². The quantitative estimate of drug-likeness (QED) is 0.555. The molecule has 2 aromatic carbocycles. The van der Waals surface area contributed by atoms with E-state index in [2.05, 4.69) is 16.5 Å². The molecule has 1 atom stereocenters. The lowest BCUT2D eigenvalue weighted by molar-refractivity contribution is -0.307. The molecule has 1 aliphatic rings. The van der Waals surface area contributed by atoms with Gasteiger partial charge in [0.25, 0.3) is 0 Å². The first-order valence-corrected chi connectivity index (χ1v) is 8.40. The lowest BCUT2D eigenvalue weighted by atomic mass is 10.0. The van der Waals surface area contributed by atoms with Crippen LogP contribution < -0.4 is 10.1 Å². The molecule has 3 nitrogen and oxygen atoms in total. The van der Waals surface area contributed by atoms with Crippen molar-refractivity contribution in [2.45, 2.75) is 18.6 Å². The molecule has 0 bridgehead atoms. The van der Waals surface area contributed by atoms with Crippen molar-refractivity contribution in [1.82, 2.24) is 5.32 Å². The third-order valence-electron chi connectivity index (χ3n) is 3.68. The van der Waals surface area contributed by atoms with Gasteiger partial charge in [0.2, 0.25) is 0 Å². The van der Waals surface area contributed by atoms with Crippen molar-refractivity contribution in [3.05, 3.63) is 84.8 Å². The molecule has 0 heterocycles. The zero-order valence-electron chi connectivity index (χ0n) is 14.6. The second-order valence-electron chi connectivity index (χ2n) is 5.85. The number of benzene rings is 2. The maximum Gasteiger partial charge on any atom is 0.417 e. The summed E-state index contributed by atoms with van der Waals surface area (Å²) in [5.74, 6) is 1.28. The number of allylic oxidation sites excluding steroid dienone is 2. The second-order valence-corrected chi connectivity index (χ2v) is 5.85. The monoisotopic (exact) mass is 390 g/mol. The molecular formula is C21H16F4NO2. The van der Waals surface area contributed by atoms with Crippen LogP contribution in [0.2, 0.25) is 0 Å². The highest BCUT2D eigenvalue weighted by atomic mass is 19.3. The summed E-state index contributed by atoms with van der Waals surface area (Å²) in [6, 6.07) is 16.3. The van der Waals surface area contributed by atoms with Crippen LogP contribution in [-0.4, -0.2) is 25.2 Å². The summed E-state index contributed by atoms with van der Waals surface area (Å²) in [6.07, 6.45) is -2.94. The SMILES string of the molecule is FC(F)C(F)(F)O[C@H]1[C]C(C[N]c2cccc(Oc3ccccc3)c2)=CC=C1. The molecule has 0 amide bonds. The second kappa shape index (κ2) is 8.93. The summed E-state index contributed by atoms with van der Waals surface area (Å²) in [4.78, 5) is 0. The van der Waals surface area contributed by atoms with E-state index in [0.717, 1.165) is 0 Å². The number of para-hydroxylation sites is 1. The first-order valence-electron chi connectivity index (χ1n) is 8.40. The Labute approximate surface area is 160 Å². The van der Waals surface area contributed by atoms with Gasteiger partial charge in [0.15, 0.2) is 0 Å². The van der Waals surface area contributed by atoms with Crippen LogP contribution in [0.15, 0.2) is 78.4 Å². The maximum atomic E-state index is 13.0. The molecular weight excluding hydrogens is 374 g/mol. The highest BCUT2D eigenvalue weighted by Gasteiger charge is 2.44. The maximum absolute atomic E-state index is 13.0. The zero-order valence-corrected chi connectivity index (χ0v) is 14.6. The van der Waals surface area contributed by atoms with E-state index in [0.29, 0.717) is 22.8 Å². The number of alkyl halides is 4. The molecule has 0 saturated heterocycles. The van der Waals surface area contributed by atoms with Crippen LogP contribution in [0.25, 0.3) is 0 Å². The summed E-state index contributed by atoms with van der Waals surface area (Å²) in [5.41, 5.74) is 1.06. The fourth-order valence-corrected chi connectivity index (χ4v) is 2.39. The number of ether oxygens (including phenoxy) is 2. The van der Waals surface area contributed by atoms with E-state index in [4.69, 9.17) is 4.74 Å². The van der Waals surface area contributed by atoms with E-state index >= 15 is 0 Å². The average molecular weight is 390 g/mol. The Hall–Kier alpha value is -2.80. The van der Waals surface area contributed by atoms with Gasteiger partial charge in [-0.1, -0.05) is 42.5 Å². The number of hydrogen-bond acceptors (Lipinski definition) is 2. The van der Waals surface area contributed by atoms with Gasteiger partial charge in [0, 0.05) is 12.5 Å². The molecule has 0 fully saturated rings. The molecule has 3 radical (unpaired) electrons. The minimum absolute atomic E-state index is 0.124. The highest BCUT2D eigenvalue weighted by molar-refractivity contribution is 5.45. The molecule has 0 saturated carbocycles. The minimum Gasteiger partial charge on any atom is -0.457 e. The fraction of sp³-hybridized carbons (Fsp3) is 0.190. The Kier molecular flexibility index (Phi) is 6.36. The average Bonchev–Trinajstić information content (AvgIpc) is 2.67. The Bertz CT molecular complexity index is 837. The largest absolute Gasteiger partial charge is 0.457 e. The van der Waals surface area contributed by atoms with E-state index in [-0.39, 0.29) is 6.54 Å². The first kappa shape index (κ1) is 19.9. The van der Waals surface area contributed by atoms with Gasteiger partial charge in [0.05, 0.1) is 18.3 Å². The van der Waals surface area contributed by atoms with Crippen molar-refractivity contribution in [3.8, 4) is 11.5 Å². The van der Waals surface area contributed by atoms with Gasteiger partial charge in [0.1, 0.15) is 11.5 Å². The van der Waals surface area contributed by atoms with Gasteiger partial charge >= 0.3 is 12.5 Å². The standard InChI is InChI=1S/C21H16F4NO2/c22-20(23)21(24,25)28-19-11-4-6-15(12-19)14-26-16-7-5-10-18(13-16)27-17-8-2-1-3-9-17/h1-11,13,19-20H,14H2/t19-/m1/s1. The van der Waals surface area contributed by atoms with Gasteiger partial charge in [-0.3, -0.25) is 5.32 Å². The molecule has 0 unspecified atom stereocenters. The third kappa shape index (κ3) is 5.60. The lowest BCUT2D eigenvalue weighted by Gasteiger charge is -2.23. The van der Waals surface area contributed by atoms with Gasteiger partial charge < -0.3 is 9.47 Å². The normalized spacial score (nSPS) is 16.8. The van der Waals surface area contributed by atoms with Crippen LogP contribution in [0, 0.1) is 6.42 Å². The third-order valence-corrected chi connectivity index (χ3v) is 3.68. The number of nitrogens with zero attached hydrogens (tertiary/aromatic N) is 1. The van der Waals surface area contributed by atoms with Crippen molar-refractivity contribution in [1.29, 1.82) is 0 Å². The lowest BCUT2D eigenvalue weighted by Crippen LogP contribution is -2.35. The molecule has 1 aliphatic carbocycles. The highest BCUT2D eigenvalue weighted by Crippen LogP contribution is 2.29. The van der Waals surface area contributed by atoms with E-state index in [1.54, 1.807) is 30.3 Å². The summed E-state index contributed by atoms with van der Waals surface area (Å²) in [7, 11) is 0. The first-order chi connectivity index (χ1) is 13.4. The molecule has 0 N–H and O–H groups in total. The Morgan fingerprint density at radius 1 is 1.04 bits per heavy atom. The van der Waals surface area contributed by atoms with Crippen LogP contribution in [0.3, 0.4) is 0 Å². The van der Waals surface area contributed by atoms with Crippen LogP contribution in [0.1, 0.15) is 0 Å². The van der Waals surface area contributed by atoms with E-state index in [1.165, 1.54) is 12.2 Å². The Balaban J connectivity index is 1.55. The summed E-state index contributed by atoms with van der Waals surface area (Å²) < 4.78 is 60.4. The molecule has 0 aliphatic heterocycles. The molecule has 28 heavy (non-hydrogen) atoms. The molecule has 7 heteroatoms. The number of rotatable bonds is 8. The molecule has 3 rings (SSSR count).